The molecule has 0 N–H and O–H groups in total. The maximum absolute atomic E-state index is 5.80. The van der Waals surface area contributed by atoms with Crippen LogP contribution in [0.4, 0.5) is 0 Å². The van der Waals surface area contributed by atoms with Crippen molar-refractivity contribution in [2.75, 3.05) is 13.7 Å². The lowest BCUT2D eigenvalue weighted by atomic mass is 9.60. The largest absolute Gasteiger partial charge is 0.381 e. The highest BCUT2D eigenvalue weighted by Gasteiger charge is 2.40. The summed E-state index contributed by atoms with van der Waals surface area (Å²) in [7, 11) is 1.87. The molecule has 0 radical (unpaired) electrons. The molecule has 118 valence electrons. The van der Waals surface area contributed by atoms with E-state index in [9.17, 15) is 0 Å². The fourth-order valence-corrected chi connectivity index (χ4v) is 4.59. The molecule has 2 aliphatic rings. The number of hydrogen-bond donors (Lipinski definition) is 0. The third-order valence-electron chi connectivity index (χ3n) is 6.19. The Labute approximate surface area is 125 Å². The van der Waals surface area contributed by atoms with Gasteiger partial charge < -0.3 is 9.47 Å². The average molecular weight is 282 g/mol. The van der Waals surface area contributed by atoms with Crippen LogP contribution < -0.4 is 0 Å². The minimum atomic E-state index is 0.496. The molecule has 0 aliphatic heterocycles. The van der Waals surface area contributed by atoms with Crippen LogP contribution in [-0.4, -0.2) is 25.9 Å². The van der Waals surface area contributed by atoms with E-state index in [1.165, 1.54) is 51.4 Å². The van der Waals surface area contributed by atoms with Crippen LogP contribution in [0.5, 0.6) is 0 Å². The van der Waals surface area contributed by atoms with E-state index in [0.717, 1.165) is 18.4 Å². The first-order valence-electron chi connectivity index (χ1n) is 8.72. The normalized spacial score (nSPS) is 36.0. The molecule has 2 heteroatoms. The third-order valence-corrected chi connectivity index (χ3v) is 6.19. The summed E-state index contributed by atoms with van der Waals surface area (Å²) in [5.74, 6) is 1.78. The predicted molar refractivity (Wildman–Crippen MR) is 83.9 cm³/mol. The van der Waals surface area contributed by atoms with Crippen LogP contribution >= 0.6 is 0 Å². The Hall–Kier alpha value is -0.0800. The Kier molecular flexibility index (Phi) is 5.92. The van der Waals surface area contributed by atoms with Gasteiger partial charge in [0.15, 0.2) is 0 Å². The molecule has 0 heterocycles. The summed E-state index contributed by atoms with van der Waals surface area (Å²) in [5.41, 5.74) is 0.496. The molecule has 0 atom stereocenters. The van der Waals surface area contributed by atoms with Gasteiger partial charge in [0.05, 0.1) is 12.2 Å². The van der Waals surface area contributed by atoms with Crippen molar-refractivity contribution in [1.29, 1.82) is 0 Å². The van der Waals surface area contributed by atoms with Gasteiger partial charge in [-0.3, -0.25) is 0 Å². The Bertz CT molecular complexity index is 271. The van der Waals surface area contributed by atoms with Crippen LogP contribution in [0.15, 0.2) is 0 Å². The molecule has 2 fully saturated rings. The van der Waals surface area contributed by atoms with Gasteiger partial charge in [-0.1, -0.05) is 13.8 Å². The highest BCUT2D eigenvalue weighted by Crippen LogP contribution is 2.48. The van der Waals surface area contributed by atoms with Crippen molar-refractivity contribution in [3.63, 3.8) is 0 Å². The van der Waals surface area contributed by atoms with E-state index in [0.29, 0.717) is 17.6 Å². The SMILES string of the molecule is CCOC1CCC(C(C)(C)C2CCC(OC)CC2)CC1. The maximum Gasteiger partial charge on any atom is 0.0575 e. The molecule has 0 spiro atoms. The number of rotatable bonds is 5. The van der Waals surface area contributed by atoms with E-state index in [1.807, 2.05) is 7.11 Å². The summed E-state index contributed by atoms with van der Waals surface area (Å²) in [5, 5.41) is 0. The van der Waals surface area contributed by atoms with E-state index < -0.39 is 0 Å². The molecule has 0 aromatic rings. The summed E-state index contributed by atoms with van der Waals surface area (Å²) in [4.78, 5) is 0. The zero-order valence-corrected chi connectivity index (χ0v) is 14.0. The molecule has 2 saturated carbocycles. The molecule has 20 heavy (non-hydrogen) atoms. The van der Waals surface area contributed by atoms with Crippen molar-refractivity contribution in [2.24, 2.45) is 17.3 Å². The van der Waals surface area contributed by atoms with Crippen LogP contribution in [0.3, 0.4) is 0 Å². The van der Waals surface area contributed by atoms with E-state index >= 15 is 0 Å². The van der Waals surface area contributed by atoms with Crippen LogP contribution in [0.25, 0.3) is 0 Å². The van der Waals surface area contributed by atoms with Crippen molar-refractivity contribution >= 4 is 0 Å². The lowest BCUT2D eigenvalue weighted by molar-refractivity contribution is -0.0252. The Morgan fingerprint density at radius 1 is 0.800 bits per heavy atom. The first-order chi connectivity index (χ1) is 9.57. The second kappa shape index (κ2) is 7.26. The van der Waals surface area contributed by atoms with Crippen LogP contribution in [-0.2, 0) is 9.47 Å². The van der Waals surface area contributed by atoms with E-state index in [1.54, 1.807) is 0 Å². The number of ether oxygens (including phenoxy) is 2. The highest BCUT2D eigenvalue weighted by molar-refractivity contribution is 4.90. The van der Waals surface area contributed by atoms with Gasteiger partial charge in [0.25, 0.3) is 0 Å². The molecule has 0 aromatic heterocycles. The van der Waals surface area contributed by atoms with Crippen LogP contribution in [0, 0.1) is 17.3 Å². The molecule has 0 amide bonds. The van der Waals surface area contributed by atoms with Crippen LogP contribution in [0.2, 0.25) is 0 Å². The van der Waals surface area contributed by atoms with E-state index in [2.05, 4.69) is 20.8 Å². The van der Waals surface area contributed by atoms with Crippen molar-refractivity contribution in [3.05, 3.63) is 0 Å². The van der Waals surface area contributed by atoms with E-state index in [-0.39, 0.29) is 0 Å². The van der Waals surface area contributed by atoms with Gasteiger partial charge in [-0.2, -0.15) is 0 Å². The monoisotopic (exact) mass is 282 g/mol. The number of methoxy groups -OCH3 is 1. The topological polar surface area (TPSA) is 18.5 Å². The van der Waals surface area contributed by atoms with Crippen molar-refractivity contribution in [3.8, 4) is 0 Å². The second-order valence-electron chi connectivity index (χ2n) is 7.46. The maximum atomic E-state index is 5.80. The zero-order valence-electron chi connectivity index (χ0n) is 14.0. The third kappa shape index (κ3) is 3.76. The summed E-state index contributed by atoms with van der Waals surface area (Å²) < 4.78 is 11.3. The summed E-state index contributed by atoms with van der Waals surface area (Å²) in [6.07, 6.45) is 11.6. The molecule has 0 aromatic carbocycles. The predicted octanol–water partition coefficient (Wildman–Crippen LogP) is 4.81. The standard InChI is InChI=1S/C18H34O2/c1-5-20-17-12-8-15(9-13-17)18(2,3)14-6-10-16(19-4)11-7-14/h14-17H,5-13H2,1-4H3. The number of hydrogen-bond acceptors (Lipinski definition) is 2. The molecule has 2 aliphatic carbocycles. The van der Waals surface area contributed by atoms with Gasteiger partial charge in [0, 0.05) is 13.7 Å². The first kappa shape index (κ1) is 16.3. The van der Waals surface area contributed by atoms with Crippen molar-refractivity contribution in [2.45, 2.75) is 84.3 Å². The molecule has 2 rings (SSSR count). The van der Waals surface area contributed by atoms with Crippen molar-refractivity contribution in [1.82, 2.24) is 0 Å². The van der Waals surface area contributed by atoms with Gasteiger partial charge >= 0.3 is 0 Å². The summed E-state index contributed by atoms with van der Waals surface area (Å²) in [6, 6.07) is 0. The van der Waals surface area contributed by atoms with Gasteiger partial charge in [0.1, 0.15) is 0 Å². The van der Waals surface area contributed by atoms with Crippen LogP contribution in [0.1, 0.15) is 72.1 Å². The highest BCUT2D eigenvalue weighted by atomic mass is 16.5. The van der Waals surface area contributed by atoms with Gasteiger partial charge in [-0.15, -0.1) is 0 Å². The second-order valence-corrected chi connectivity index (χ2v) is 7.46. The molecular weight excluding hydrogens is 248 g/mol. The fraction of sp³-hybridized carbons (Fsp3) is 1.00. The fourth-order valence-electron chi connectivity index (χ4n) is 4.59. The molecule has 2 nitrogen and oxygen atoms in total. The van der Waals surface area contributed by atoms with Crippen molar-refractivity contribution < 1.29 is 9.47 Å². The zero-order chi connectivity index (χ0) is 14.6. The molecule has 0 bridgehead atoms. The quantitative estimate of drug-likeness (QED) is 0.720. The summed E-state index contributed by atoms with van der Waals surface area (Å²) >= 11 is 0. The lowest BCUT2D eigenvalue weighted by Crippen LogP contribution is -2.39. The van der Waals surface area contributed by atoms with Gasteiger partial charge in [0.2, 0.25) is 0 Å². The Morgan fingerprint density at radius 2 is 1.25 bits per heavy atom. The molecular formula is C18H34O2. The molecule has 0 saturated heterocycles. The molecule has 0 unspecified atom stereocenters. The average Bonchev–Trinajstić information content (AvgIpc) is 2.48. The first-order valence-corrected chi connectivity index (χ1v) is 8.72. The minimum Gasteiger partial charge on any atom is -0.381 e. The Morgan fingerprint density at radius 3 is 1.65 bits per heavy atom. The lowest BCUT2D eigenvalue weighted by Gasteiger charge is -2.46. The van der Waals surface area contributed by atoms with Gasteiger partial charge in [-0.25, -0.2) is 0 Å². The van der Waals surface area contributed by atoms with E-state index in [4.69, 9.17) is 9.47 Å². The summed E-state index contributed by atoms with van der Waals surface area (Å²) in [6.45, 7) is 8.04. The van der Waals surface area contributed by atoms with Gasteiger partial charge in [-0.05, 0) is 75.5 Å². The minimum absolute atomic E-state index is 0.496. The Balaban J connectivity index is 1.84. The smallest absolute Gasteiger partial charge is 0.0575 e.